The van der Waals surface area contributed by atoms with E-state index in [9.17, 15) is 4.79 Å². The lowest BCUT2D eigenvalue weighted by Gasteiger charge is -2.08. The van der Waals surface area contributed by atoms with Gasteiger partial charge in [-0.15, -0.1) is 0 Å². The number of anilines is 2. The third-order valence-corrected chi connectivity index (χ3v) is 2.05. The van der Waals surface area contributed by atoms with E-state index in [1.807, 2.05) is 6.92 Å². The number of methoxy groups -OCH3 is 1. The van der Waals surface area contributed by atoms with Crippen LogP contribution in [0, 0.1) is 0 Å². The van der Waals surface area contributed by atoms with E-state index in [-0.39, 0.29) is 12.5 Å². The second-order valence-electron chi connectivity index (χ2n) is 3.49. The summed E-state index contributed by atoms with van der Waals surface area (Å²) in [4.78, 5) is 19.6. The second kappa shape index (κ2) is 8.24. The van der Waals surface area contributed by atoms with Gasteiger partial charge in [-0.05, 0) is 13.0 Å². The second-order valence-corrected chi connectivity index (χ2v) is 3.49. The zero-order valence-electron chi connectivity index (χ0n) is 10.7. The van der Waals surface area contributed by atoms with Crippen LogP contribution >= 0.6 is 0 Å². The number of hydrogen-bond acceptors (Lipinski definition) is 6. The maximum Gasteiger partial charge on any atom is 0.239 e. The first kappa shape index (κ1) is 14.2. The molecule has 0 aliphatic carbocycles. The summed E-state index contributed by atoms with van der Waals surface area (Å²) in [5.74, 6) is 1.06. The Hall–Kier alpha value is -1.89. The molecule has 18 heavy (non-hydrogen) atoms. The number of rotatable bonds is 8. The Morgan fingerprint density at radius 1 is 1.44 bits per heavy atom. The van der Waals surface area contributed by atoms with Gasteiger partial charge in [-0.2, -0.15) is 4.98 Å². The van der Waals surface area contributed by atoms with Crippen molar-refractivity contribution in [3.8, 4) is 0 Å². The van der Waals surface area contributed by atoms with Crippen molar-refractivity contribution in [3.63, 3.8) is 0 Å². The summed E-state index contributed by atoms with van der Waals surface area (Å²) in [6.07, 6.45) is 1.64. The van der Waals surface area contributed by atoms with Crippen molar-refractivity contribution in [2.45, 2.75) is 6.92 Å². The molecule has 0 saturated heterocycles. The van der Waals surface area contributed by atoms with E-state index < -0.39 is 0 Å². The van der Waals surface area contributed by atoms with Gasteiger partial charge in [0.1, 0.15) is 5.82 Å². The fourth-order valence-electron chi connectivity index (χ4n) is 1.23. The Morgan fingerprint density at radius 2 is 2.28 bits per heavy atom. The third-order valence-electron chi connectivity index (χ3n) is 2.05. The largest absolute Gasteiger partial charge is 0.383 e. The molecule has 0 radical (unpaired) electrons. The Bertz CT molecular complexity index is 372. The van der Waals surface area contributed by atoms with Crippen molar-refractivity contribution in [2.75, 3.05) is 44.0 Å². The fourth-order valence-corrected chi connectivity index (χ4v) is 1.23. The van der Waals surface area contributed by atoms with Gasteiger partial charge in [-0.25, -0.2) is 4.98 Å². The number of nitrogens with zero attached hydrogens (tertiary/aromatic N) is 2. The molecule has 0 aliphatic heterocycles. The molecule has 0 spiro atoms. The van der Waals surface area contributed by atoms with Crippen LogP contribution in [0.4, 0.5) is 11.8 Å². The quantitative estimate of drug-likeness (QED) is 0.569. The normalized spacial score (nSPS) is 9.89. The van der Waals surface area contributed by atoms with Crippen LogP contribution in [0.2, 0.25) is 0 Å². The van der Waals surface area contributed by atoms with E-state index in [0.29, 0.717) is 24.9 Å². The lowest BCUT2D eigenvalue weighted by molar-refractivity contribution is -0.119. The summed E-state index contributed by atoms with van der Waals surface area (Å²) in [6, 6.07) is 1.71. The van der Waals surface area contributed by atoms with Crippen LogP contribution in [0.5, 0.6) is 0 Å². The average molecular weight is 253 g/mol. The van der Waals surface area contributed by atoms with E-state index in [1.165, 1.54) is 0 Å². The topological polar surface area (TPSA) is 88.2 Å². The summed E-state index contributed by atoms with van der Waals surface area (Å²) in [5.41, 5.74) is 0. The minimum atomic E-state index is -0.101. The Morgan fingerprint density at radius 3 is 3.00 bits per heavy atom. The first-order chi connectivity index (χ1) is 8.76. The van der Waals surface area contributed by atoms with E-state index in [1.54, 1.807) is 19.4 Å². The molecule has 0 unspecified atom stereocenters. The smallest absolute Gasteiger partial charge is 0.239 e. The average Bonchev–Trinajstić information content (AvgIpc) is 2.38. The first-order valence-electron chi connectivity index (χ1n) is 5.82. The highest BCUT2D eigenvalue weighted by Crippen LogP contribution is 2.04. The lowest BCUT2D eigenvalue weighted by Crippen LogP contribution is -2.32. The molecule has 0 aliphatic rings. The zero-order valence-corrected chi connectivity index (χ0v) is 10.7. The van der Waals surface area contributed by atoms with Gasteiger partial charge in [0.15, 0.2) is 0 Å². The number of ether oxygens (including phenoxy) is 1. The Kier molecular flexibility index (Phi) is 6.49. The summed E-state index contributed by atoms with van der Waals surface area (Å²) >= 11 is 0. The molecule has 0 aromatic carbocycles. The minimum Gasteiger partial charge on any atom is -0.383 e. The van der Waals surface area contributed by atoms with E-state index in [0.717, 1.165) is 6.54 Å². The fraction of sp³-hybridized carbons (Fsp3) is 0.545. The molecular weight excluding hydrogens is 234 g/mol. The van der Waals surface area contributed by atoms with Gasteiger partial charge in [0.25, 0.3) is 0 Å². The maximum atomic E-state index is 11.4. The van der Waals surface area contributed by atoms with Crippen molar-refractivity contribution in [1.29, 1.82) is 0 Å². The van der Waals surface area contributed by atoms with Crippen LogP contribution < -0.4 is 16.0 Å². The van der Waals surface area contributed by atoms with E-state index in [2.05, 4.69) is 25.9 Å². The third kappa shape index (κ3) is 5.44. The molecule has 1 amide bonds. The van der Waals surface area contributed by atoms with Crippen LogP contribution in [0.25, 0.3) is 0 Å². The molecule has 7 heteroatoms. The van der Waals surface area contributed by atoms with E-state index >= 15 is 0 Å². The molecule has 1 rings (SSSR count). The lowest BCUT2D eigenvalue weighted by atomic mass is 10.5. The summed E-state index contributed by atoms with van der Waals surface area (Å²) in [6.45, 7) is 3.90. The summed E-state index contributed by atoms with van der Waals surface area (Å²) in [5, 5.41) is 8.63. The molecule has 100 valence electrons. The first-order valence-corrected chi connectivity index (χ1v) is 5.82. The highest BCUT2D eigenvalue weighted by molar-refractivity contribution is 5.80. The molecule has 1 aromatic heterocycles. The predicted molar refractivity (Wildman–Crippen MR) is 69.6 cm³/mol. The highest BCUT2D eigenvalue weighted by Gasteiger charge is 2.02. The Labute approximate surface area is 106 Å². The Balaban J connectivity index is 2.33. The predicted octanol–water partition coefficient (Wildman–Crippen LogP) is 0.0829. The standard InChI is InChI=1S/C11H19N5O2/c1-3-12-11-14-5-4-9(16-11)15-8-10(17)13-6-7-18-2/h4-5H,3,6-8H2,1-2H3,(H,13,17)(H2,12,14,15,16). The summed E-state index contributed by atoms with van der Waals surface area (Å²) in [7, 11) is 1.59. The van der Waals surface area contributed by atoms with Crippen molar-refractivity contribution in [1.82, 2.24) is 15.3 Å². The highest BCUT2D eigenvalue weighted by atomic mass is 16.5. The van der Waals surface area contributed by atoms with Crippen molar-refractivity contribution in [2.24, 2.45) is 0 Å². The number of aromatic nitrogens is 2. The van der Waals surface area contributed by atoms with Crippen LogP contribution in [0.3, 0.4) is 0 Å². The zero-order chi connectivity index (χ0) is 13.2. The molecule has 1 aromatic rings. The molecule has 0 bridgehead atoms. The van der Waals surface area contributed by atoms with E-state index in [4.69, 9.17) is 4.74 Å². The number of nitrogens with one attached hydrogen (secondary N) is 3. The van der Waals surface area contributed by atoms with Gasteiger partial charge in [0.05, 0.1) is 13.2 Å². The van der Waals surface area contributed by atoms with Crippen molar-refractivity contribution in [3.05, 3.63) is 12.3 Å². The monoisotopic (exact) mass is 253 g/mol. The van der Waals surface area contributed by atoms with Crippen molar-refractivity contribution < 1.29 is 9.53 Å². The van der Waals surface area contributed by atoms with Crippen LogP contribution in [-0.4, -0.2) is 49.2 Å². The molecular formula is C11H19N5O2. The summed E-state index contributed by atoms with van der Waals surface area (Å²) < 4.78 is 4.83. The molecule has 7 nitrogen and oxygen atoms in total. The molecule has 0 saturated carbocycles. The van der Waals surface area contributed by atoms with Crippen LogP contribution in [0.15, 0.2) is 12.3 Å². The minimum absolute atomic E-state index is 0.101. The SMILES string of the molecule is CCNc1nccc(NCC(=O)NCCOC)n1. The maximum absolute atomic E-state index is 11.4. The van der Waals surface area contributed by atoms with Gasteiger partial charge >= 0.3 is 0 Å². The number of hydrogen-bond donors (Lipinski definition) is 3. The van der Waals surface area contributed by atoms with Gasteiger partial charge in [-0.1, -0.05) is 0 Å². The van der Waals surface area contributed by atoms with Gasteiger partial charge in [0, 0.05) is 26.4 Å². The van der Waals surface area contributed by atoms with Gasteiger partial charge in [-0.3, -0.25) is 4.79 Å². The number of carbonyl (C=O) groups excluding carboxylic acids is 1. The number of amides is 1. The molecule has 3 N–H and O–H groups in total. The van der Waals surface area contributed by atoms with Gasteiger partial charge < -0.3 is 20.7 Å². The molecule has 0 fully saturated rings. The number of carbonyl (C=O) groups is 1. The molecule has 0 atom stereocenters. The van der Waals surface area contributed by atoms with Gasteiger partial charge in [0.2, 0.25) is 11.9 Å². The van der Waals surface area contributed by atoms with Crippen molar-refractivity contribution >= 4 is 17.7 Å². The van der Waals surface area contributed by atoms with Crippen LogP contribution in [0.1, 0.15) is 6.92 Å². The molecule has 1 heterocycles. The van der Waals surface area contributed by atoms with Crippen LogP contribution in [-0.2, 0) is 9.53 Å².